The van der Waals surface area contributed by atoms with Crippen LogP contribution in [-0.2, 0) is 19.1 Å². The van der Waals surface area contributed by atoms with Gasteiger partial charge in [0, 0.05) is 19.3 Å². The Morgan fingerprint density at radius 1 is 0.737 bits per heavy atom. The van der Waals surface area contributed by atoms with Crippen molar-refractivity contribution < 1.29 is 19.1 Å². The van der Waals surface area contributed by atoms with Crippen LogP contribution in [0.3, 0.4) is 0 Å². The van der Waals surface area contributed by atoms with Crippen LogP contribution in [0.1, 0.15) is 127 Å². The molecule has 4 heteroatoms. The molecule has 0 aromatic carbocycles. The second-order valence-corrected chi connectivity index (χ2v) is 16.5. The van der Waals surface area contributed by atoms with Crippen molar-refractivity contribution in [3.8, 4) is 0 Å². The van der Waals surface area contributed by atoms with Crippen LogP contribution < -0.4 is 0 Å². The fourth-order valence-electron chi connectivity index (χ4n) is 12.6. The van der Waals surface area contributed by atoms with E-state index in [9.17, 15) is 9.59 Å². The quantitative estimate of drug-likeness (QED) is 0.346. The van der Waals surface area contributed by atoms with Gasteiger partial charge in [-0.3, -0.25) is 9.59 Å². The van der Waals surface area contributed by atoms with Crippen LogP contribution in [0.4, 0.5) is 0 Å². The van der Waals surface area contributed by atoms with Crippen molar-refractivity contribution >= 4 is 11.9 Å². The predicted octanol–water partition coefficient (Wildman–Crippen LogP) is 8.22. The van der Waals surface area contributed by atoms with Crippen molar-refractivity contribution in [1.29, 1.82) is 0 Å². The second-order valence-electron chi connectivity index (χ2n) is 16.5. The zero-order valence-electron chi connectivity index (χ0n) is 26.1. The van der Waals surface area contributed by atoms with Crippen LogP contribution in [0, 0.1) is 62.6 Å². The van der Waals surface area contributed by atoms with E-state index in [1.165, 1.54) is 65.2 Å². The van der Waals surface area contributed by atoms with Gasteiger partial charge in [-0.2, -0.15) is 0 Å². The molecule has 4 nitrogen and oxygen atoms in total. The van der Waals surface area contributed by atoms with Crippen molar-refractivity contribution in [3.63, 3.8) is 0 Å². The van der Waals surface area contributed by atoms with Crippen LogP contribution in [0.2, 0.25) is 0 Å². The third-order valence-corrected chi connectivity index (χ3v) is 14.2. The second kappa shape index (κ2) is 8.97. The zero-order chi connectivity index (χ0) is 28.1. The van der Waals surface area contributed by atoms with Gasteiger partial charge in [-0.05, 0) is 115 Å². The first-order valence-electron chi connectivity index (χ1n) is 15.9. The summed E-state index contributed by atoms with van der Waals surface area (Å²) in [6.07, 6.45) is 10.7. The van der Waals surface area contributed by atoms with Crippen LogP contribution in [0.25, 0.3) is 0 Å². The van der Waals surface area contributed by atoms with Gasteiger partial charge in [0.15, 0.2) is 0 Å². The summed E-state index contributed by atoms with van der Waals surface area (Å²) in [4.78, 5) is 24.4. The van der Waals surface area contributed by atoms with E-state index in [2.05, 4.69) is 55.4 Å². The van der Waals surface area contributed by atoms with Gasteiger partial charge in [0.1, 0.15) is 12.2 Å². The molecule has 0 N–H and O–H groups in total. The molecular weight excluding hydrogens is 472 g/mol. The van der Waals surface area contributed by atoms with Crippen molar-refractivity contribution in [1.82, 2.24) is 0 Å². The Balaban J connectivity index is 1.54. The Kier molecular flexibility index (Phi) is 6.72. The van der Waals surface area contributed by atoms with Gasteiger partial charge in [-0.1, -0.05) is 55.4 Å². The van der Waals surface area contributed by atoms with E-state index in [1.54, 1.807) is 0 Å². The number of ether oxygens (including phenoxy) is 2. The summed E-state index contributed by atoms with van der Waals surface area (Å²) in [7, 11) is 0. The molecule has 0 aromatic rings. The van der Waals surface area contributed by atoms with E-state index in [-0.39, 0.29) is 40.4 Å². The minimum absolute atomic E-state index is 0.0507. The smallest absolute Gasteiger partial charge is 0.303 e. The molecule has 0 heterocycles. The fraction of sp³-hybridized carbons (Fsp3) is 0.941. The lowest BCUT2D eigenvalue weighted by molar-refractivity contribution is -0.268. The lowest BCUT2D eigenvalue weighted by Gasteiger charge is -2.73. The first-order valence-corrected chi connectivity index (χ1v) is 15.9. The summed E-state index contributed by atoms with van der Waals surface area (Å²) in [6, 6.07) is 0. The third kappa shape index (κ3) is 3.80. The van der Waals surface area contributed by atoms with Crippen LogP contribution in [0.15, 0.2) is 0 Å². The summed E-state index contributed by atoms with van der Waals surface area (Å²) >= 11 is 0. The molecule has 5 saturated carbocycles. The van der Waals surface area contributed by atoms with E-state index in [4.69, 9.17) is 9.47 Å². The Labute approximate surface area is 232 Å². The Morgan fingerprint density at radius 3 is 2.00 bits per heavy atom. The number of carbonyl (C=O) groups is 2. The van der Waals surface area contributed by atoms with Crippen LogP contribution >= 0.6 is 0 Å². The van der Waals surface area contributed by atoms with E-state index in [0.29, 0.717) is 22.7 Å². The summed E-state index contributed by atoms with van der Waals surface area (Å²) < 4.78 is 12.0. The molecule has 11 atom stereocenters. The summed E-state index contributed by atoms with van der Waals surface area (Å²) in [6.45, 7) is 23.0. The number of fused-ring (bicyclic) bond motifs is 7. The minimum atomic E-state index is -0.390. The van der Waals surface area contributed by atoms with Gasteiger partial charge in [0.2, 0.25) is 0 Å². The molecule has 0 bridgehead atoms. The minimum Gasteiger partial charge on any atom is -0.459 e. The van der Waals surface area contributed by atoms with Gasteiger partial charge < -0.3 is 9.47 Å². The summed E-state index contributed by atoms with van der Waals surface area (Å²) in [5.74, 6) is 3.78. The van der Waals surface area contributed by atoms with E-state index < -0.39 is 0 Å². The molecule has 0 radical (unpaired) electrons. The molecule has 5 fully saturated rings. The summed E-state index contributed by atoms with van der Waals surface area (Å²) in [5.41, 5.74) is 0.942. The van der Waals surface area contributed by atoms with Crippen molar-refractivity contribution in [3.05, 3.63) is 0 Å². The SMILES string of the molecule is CC(=O)O[C@@H]1[C@H](OC(C)=O)C[C@@]2(C)[C@@H](CC[C@]3(C)[C@H]2CC[C@@H]2[C@H]4[C@H](C(C)C)CC[C@@]4(C)CC[C@]23C)C1(C)C. The number of esters is 2. The van der Waals surface area contributed by atoms with Gasteiger partial charge >= 0.3 is 11.9 Å². The Bertz CT molecular complexity index is 970. The third-order valence-electron chi connectivity index (χ3n) is 14.2. The molecular formula is C34H56O4. The highest BCUT2D eigenvalue weighted by atomic mass is 16.6. The largest absolute Gasteiger partial charge is 0.459 e. The normalized spacial score (nSPS) is 51.3. The topological polar surface area (TPSA) is 52.6 Å². The maximum Gasteiger partial charge on any atom is 0.303 e. The molecule has 0 saturated heterocycles. The van der Waals surface area contributed by atoms with Gasteiger partial charge in [-0.15, -0.1) is 0 Å². The van der Waals surface area contributed by atoms with Crippen molar-refractivity contribution in [2.45, 2.75) is 139 Å². The first-order chi connectivity index (χ1) is 17.5. The standard InChI is InChI=1S/C34H56O4/c1-20(2)23-13-15-31(7)17-18-33(9)24(28(23)31)11-12-27-32(8)19-25(37-21(3)35)29(38-22(4)36)30(5,6)26(32)14-16-34(27,33)10/h20,23-29H,11-19H2,1-10H3/t23-,24+,25+,26-,27-,28+,29+,31-,32-,33+,34+/m0/s1. The number of rotatable bonds is 3. The Morgan fingerprint density at radius 2 is 1.39 bits per heavy atom. The molecule has 5 rings (SSSR count). The zero-order valence-corrected chi connectivity index (χ0v) is 26.1. The van der Waals surface area contributed by atoms with Gasteiger partial charge in [0.25, 0.3) is 0 Å². The fourth-order valence-corrected chi connectivity index (χ4v) is 12.6. The molecule has 0 aromatic heterocycles. The van der Waals surface area contributed by atoms with Crippen molar-refractivity contribution in [2.24, 2.45) is 62.6 Å². The van der Waals surface area contributed by atoms with Crippen LogP contribution in [-0.4, -0.2) is 24.1 Å². The number of hydrogen-bond donors (Lipinski definition) is 0. The molecule has 0 amide bonds. The lowest BCUT2D eigenvalue weighted by Crippen LogP contribution is -2.68. The van der Waals surface area contributed by atoms with Crippen LogP contribution in [0.5, 0.6) is 0 Å². The molecule has 0 unspecified atom stereocenters. The molecule has 0 aliphatic heterocycles. The van der Waals surface area contributed by atoms with Gasteiger partial charge in [0.05, 0.1) is 0 Å². The molecule has 5 aliphatic carbocycles. The highest BCUT2D eigenvalue weighted by molar-refractivity contribution is 5.67. The molecule has 0 spiro atoms. The number of carbonyl (C=O) groups excluding carboxylic acids is 2. The lowest BCUT2D eigenvalue weighted by atomic mass is 9.32. The average Bonchev–Trinajstić information content (AvgIpc) is 3.14. The number of hydrogen-bond acceptors (Lipinski definition) is 4. The maximum absolute atomic E-state index is 12.3. The predicted molar refractivity (Wildman–Crippen MR) is 151 cm³/mol. The highest BCUT2D eigenvalue weighted by Crippen LogP contribution is 2.77. The summed E-state index contributed by atoms with van der Waals surface area (Å²) in [5, 5.41) is 0. The average molecular weight is 529 g/mol. The molecule has 216 valence electrons. The van der Waals surface area contributed by atoms with E-state index in [1.807, 2.05) is 0 Å². The van der Waals surface area contributed by atoms with E-state index >= 15 is 0 Å². The molecule has 5 aliphatic rings. The van der Waals surface area contributed by atoms with Crippen molar-refractivity contribution in [2.75, 3.05) is 0 Å². The monoisotopic (exact) mass is 528 g/mol. The first kappa shape index (κ1) is 28.5. The maximum atomic E-state index is 12.3. The molecule has 38 heavy (non-hydrogen) atoms. The Hall–Kier alpha value is -1.06. The van der Waals surface area contributed by atoms with E-state index in [0.717, 1.165) is 30.1 Å². The van der Waals surface area contributed by atoms with Gasteiger partial charge in [-0.25, -0.2) is 0 Å². The highest BCUT2D eigenvalue weighted by Gasteiger charge is 2.71.